The third kappa shape index (κ3) is 4.89. The van der Waals surface area contributed by atoms with E-state index in [1.54, 1.807) is 6.07 Å². The Morgan fingerprint density at radius 2 is 1.69 bits per heavy atom. The Labute approximate surface area is 199 Å². The smallest absolute Gasteiger partial charge is 0.433 e. The van der Waals surface area contributed by atoms with Gasteiger partial charge in [0, 0.05) is 17.2 Å². The van der Waals surface area contributed by atoms with Gasteiger partial charge in [0.25, 0.3) is 0 Å². The van der Waals surface area contributed by atoms with Gasteiger partial charge in [0.05, 0.1) is 14.2 Å². The normalized spacial score (nSPS) is 11.4. The number of phenolic OH excluding ortho intramolecular Hbond substituents is 1. The Hall–Kier alpha value is -4.14. The molecule has 0 atom stereocenters. The van der Waals surface area contributed by atoms with Crippen LogP contribution in [0, 0.1) is 6.92 Å². The van der Waals surface area contributed by atoms with Crippen molar-refractivity contribution in [2.24, 2.45) is 0 Å². The summed E-state index contributed by atoms with van der Waals surface area (Å²) in [4.78, 5) is 0. The van der Waals surface area contributed by atoms with Gasteiger partial charge in [0.15, 0.2) is 11.5 Å². The average Bonchev–Trinajstić information content (AvgIpc) is 3.28. The number of ether oxygens (including phenoxy) is 3. The molecule has 0 amide bonds. The molecule has 0 unspecified atom stereocenters. The van der Waals surface area contributed by atoms with E-state index in [1.807, 2.05) is 31.2 Å². The summed E-state index contributed by atoms with van der Waals surface area (Å²) in [5.41, 5.74) is 1.02. The molecule has 0 bridgehead atoms. The van der Waals surface area contributed by atoms with Crippen molar-refractivity contribution in [3.8, 4) is 45.4 Å². The number of aromatic amines is 1. The topological polar surface area (TPSA) is 76.6 Å². The van der Waals surface area contributed by atoms with Crippen LogP contribution in [0.5, 0.6) is 23.0 Å². The number of aromatic hydroxyl groups is 1. The molecule has 6 nitrogen and oxygen atoms in total. The lowest BCUT2D eigenvalue weighted by Gasteiger charge is -2.14. The van der Waals surface area contributed by atoms with E-state index >= 15 is 0 Å². The maximum absolute atomic E-state index is 13.8. The number of hydrogen-bond acceptors (Lipinski definition) is 5. The van der Waals surface area contributed by atoms with E-state index < -0.39 is 11.9 Å². The predicted molar refractivity (Wildman–Crippen MR) is 125 cm³/mol. The zero-order chi connectivity index (χ0) is 25.2. The van der Waals surface area contributed by atoms with Crippen molar-refractivity contribution in [3.63, 3.8) is 0 Å². The molecular weight excluding hydrogens is 461 g/mol. The van der Waals surface area contributed by atoms with Gasteiger partial charge in [0.1, 0.15) is 29.5 Å². The Morgan fingerprint density at radius 1 is 0.943 bits per heavy atom. The summed E-state index contributed by atoms with van der Waals surface area (Å²) in [5.74, 6) is 0.727. The minimum Gasteiger partial charge on any atom is -0.507 e. The van der Waals surface area contributed by atoms with Crippen LogP contribution in [0.3, 0.4) is 0 Å². The van der Waals surface area contributed by atoms with Gasteiger partial charge in [-0.2, -0.15) is 18.3 Å². The third-order valence-corrected chi connectivity index (χ3v) is 5.60. The maximum Gasteiger partial charge on any atom is 0.433 e. The van der Waals surface area contributed by atoms with Crippen LogP contribution in [0.1, 0.15) is 16.8 Å². The second-order valence-corrected chi connectivity index (χ2v) is 7.78. The minimum atomic E-state index is -4.71. The fourth-order valence-corrected chi connectivity index (χ4v) is 3.75. The van der Waals surface area contributed by atoms with Crippen LogP contribution in [0.25, 0.3) is 22.4 Å². The molecule has 0 fully saturated rings. The average molecular weight is 484 g/mol. The van der Waals surface area contributed by atoms with Gasteiger partial charge in [-0.3, -0.25) is 5.10 Å². The Kier molecular flexibility index (Phi) is 6.59. The molecule has 1 aromatic heterocycles. The number of hydrogen-bond donors (Lipinski definition) is 2. The number of rotatable bonds is 7. The number of halogens is 3. The van der Waals surface area contributed by atoms with Gasteiger partial charge >= 0.3 is 6.18 Å². The van der Waals surface area contributed by atoms with Crippen LogP contribution in [0.4, 0.5) is 13.2 Å². The summed E-state index contributed by atoms with van der Waals surface area (Å²) in [6.45, 7) is 2.24. The van der Waals surface area contributed by atoms with Crippen LogP contribution in [0.2, 0.25) is 0 Å². The zero-order valence-corrected chi connectivity index (χ0v) is 19.2. The van der Waals surface area contributed by atoms with Crippen LogP contribution in [-0.2, 0) is 12.8 Å². The van der Waals surface area contributed by atoms with E-state index in [9.17, 15) is 18.3 Å². The van der Waals surface area contributed by atoms with Gasteiger partial charge < -0.3 is 19.3 Å². The van der Waals surface area contributed by atoms with E-state index in [2.05, 4.69) is 10.2 Å². The van der Waals surface area contributed by atoms with Crippen LogP contribution in [-0.4, -0.2) is 29.5 Å². The molecule has 0 saturated heterocycles. The van der Waals surface area contributed by atoms with E-state index in [1.165, 1.54) is 44.6 Å². The predicted octanol–water partition coefficient (Wildman–Crippen LogP) is 6.37. The number of aryl methyl sites for hydroxylation is 1. The molecule has 4 rings (SSSR count). The quantitative estimate of drug-likeness (QED) is 0.319. The van der Waals surface area contributed by atoms with E-state index in [0.717, 1.165) is 11.1 Å². The molecular formula is C26H23F3N2O4. The molecule has 3 aromatic carbocycles. The number of H-pyrrole nitrogens is 1. The van der Waals surface area contributed by atoms with Crippen molar-refractivity contribution >= 4 is 0 Å². The molecule has 0 aliphatic heterocycles. The molecule has 0 aliphatic rings. The Bertz CT molecular complexity index is 1350. The molecule has 0 spiro atoms. The number of alkyl halides is 3. The van der Waals surface area contributed by atoms with Gasteiger partial charge in [-0.05, 0) is 47.9 Å². The highest BCUT2D eigenvalue weighted by Crippen LogP contribution is 2.45. The Balaban J connectivity index is 1.74. The van der Waals surface area contributed by atoms with Crippen molar-refractivity contribution in [3.05, 3.63) is 77.5 Å². The molecule has 0 saturated carbocycles. The lowest BCUT2D eigenvalue weighted by Crippen LogP contribution is -2.07. The Morgan fingerprint density at radius 3 is 2.34 bits per heavy atom. The molecule has 0 aliphatic carbocycles. The number of nitrogens with zero attached hydrogens (tertiary/aromatic N) is 1. The first-order chi connectivity index (χ1) is 16.7. The van der Waals surface area contributed by atoms with E-state index in [-0.39, 0.29) is 40.5 Å². The monoisotopic (exact) mass is 484 g/mol. The summed E-state index contributed by atoms with van der Waals surface area (Å²) in [6.07, 6.45) is -4.71. The lowest BCUT2D eigenvalue weighted by molar-refractivity contribution is -0.140. The van der Waals surface area contributed by atoms with Crippen molar-refractivity contribution < 1.29 is 32.5 Å². The standard InChI is InChI=1S/C26H23F3N2O4/c1-15-6-4-5-7-17(15)14-35-18-9-10-19(20(32)13-18)24-23(25(31-30-24)26(27,28)29)16-8-11-21(33-2)22(12-16)34-3/h4-13,32H,14H2,1-3H3,(H,30,31). The summed E-state index contributed by atoms with van der Waals surface area (Å²) in [5, 5.41) is 16.7. The van der Waals surface area contributed by atoms with Crippen molar-refractivity contribution in [2.45, 2.75) is 19.7 Å². The number of nitrogens with one attached hydrogen (secondary N) is 1. The van der Waals surface area contributed by atoms with Crippen molar-refractivity contribution in [2.75, 3.05) is 14.2 Å². The summed E-state index contributed by atoms with van der Waals surface area (Å²) >= 11 is 0. The van der Waals surface area contributed by atoms with Gasteiger partial charge in [0.2, 0.25) is 0 Å². The molecule has 35 heavy (non-hydrogen) atoms. The number of aromatic nitrogens is 2. The molecule has 9 heteroatoms. The molecule has 4 aromatic rings. The summed E-state index contributed by atoms with van der Waals surface area (Å²) in [6, 6.07) is 16.5. The number of benzene rings is 3. The fourth-order valence-electron chi connectivity index (χ4n) is 3.75. The van der Waals surface area contributed by atoms with E-state index in [4.69, 9.17) is 14.2 Å². The van der Waals surface area contributed by atoms with Gasteiger partial charge in [-0.25, -0.2) is 0 Å². The molecule has 2 N–H and O–H groups in total. The highest BCUT2D eigenvalue weighted by molar-refractivity contribution is 5.86. The van der Waals surface area contributed by atoms with Crippen molar-refractivity contribution in [1.29, 1.82) is 0 Å². The second-order valence-electron chi connectivity index (χ2n) is 7.78. The van der Waals surface area contributed by atoms with E-state index in [0.29, 0.717) is 11.5 Å². The van der Waals surface area contributed by atoms with Crippen molar-refractivity contribution in [1.82, 2.24) is 10.2 Å². The third-order valence-electron chi connectivity index (χ3n) is 5.60. The highest BCUT2D eigenvalue weighted by atomic mass is 19.4. The maximum atomic E-state index is 13.8. The zero-order valence-electron chi connectivity index (χ0n) is 19.2. The van der Waals surface area contributed by atoms with Crippen LogP contribution >= 0.6 is 0 Å². The van der Waals surface area contributed by atoms with Crippen LogP contribution < -0.4 is 14.2 Å². The van der Waals surface area contributed by atoms with Gasteiger partial charge in [-0.1, -0.05) is 30.3 Å². The SMILES string of the molecule is COc1ccc(-c2c(-c3ccc(OCc4ccccc4C)cc3O)n[nH]c2C(F)(F)F)cc1OC. The summed E-state index contributed by atoms with van der Waals surface area (Å²) in [7, 11) is 2.83. The largest absolute Gasteiger partial charge is 0.507 e. The second kappa shape index (κ2) is 9.61. The minimum absolute atomic E-state index is 0.0625. The molecule has 182 valence electrons. The molecule has 1 heterocycles. The fraction of sp³-hybridized carbons (Fsp3) is 0.192. The van der Waals surface area contributed by atoms with Gasteiger partial charge in [-0.15, -0.1) is 0 Å². The summed E-state index contributed by atoms with van der Waals surface area (Å²) < 4.78 is 57.7. The number of phenols is 1. The lowest BCUT2D eigenvalue weighted by atomic mass is 9.97. The first kappa shape index (κ1) is 24.0. The van der Waals surface area contributed by atoms with Crippen LogP contribution in [0.15, 0.2) is 60.7 Å². The highest BCUT2D eigenvalue weighted by Gasteiger charge is 2.38. The first-order valence-electron chi connectivity index (χ1n) is 10.6. The molecule has 0 radical (unpaired) electrons. The first-order valence-corrected chi connectivity index (χ1v) is 10.6. The number of methoxy groups -OCH3 is 2.